The fourth-order valence-corrected chi connectivity index (χ4v) is 4.58. The summed E-state index contributed by atoms with van der Waals surface area (Å²) in [5.74, 6) is 1.34. The summed E-state index contributed by atoms with van der Waals surface area (Å²) in [6.45, 7) is 1.70. The minimum Gasteiger partial charge on any atom is -0.368 e. The Balaban J connectivity index is 1.44. The van der Waals surface area contributed by atoms with Crippen LogP contribution in [0, 0.1) is 11.3 Å². The number of anilines is 1. The molecular formula is C17H24N4O. The molecule has 5 heteroatoms. The van der Waals surface area contributed by atoms with Crippen molar-refractivity contribution in [3.05, 3.63) is 18.0 Å². The van der Waals surface area contributed by atoms with E-state index < -0.39 is 0 Å². The van der Waals surface area contributed by atoms with Gasteiger partial charge in [0.15, 0.2) is 0 Å². The van der Waals surface area contributed by atoms with Gasteiger partial charge in [0.1, 0.15) is 0 Å². The van der Waals surface area contributed by atoms with Crippen LogP contribution in [0.15, 0.2) is 12.3 Å². The Morgan fingerprint density at radius 1 is 1.32 bits per heavy atom. The molecule has 1 aromatic heterocycles. The van der Waals surface area contributed by atoms with E-state index in [-0.39, 0.29) is 0 Å². The highest BCUT2D eigenvalue weighted by Crippen LogP contribution is 2.63. The van der Waals surface area contributed by atoms with Crippen LogP contribution in [0.25, 0.3) is 0 Å². The third-order valence-electron chi connectivity index (χ3n) is 5.93. The molecule has 2 heterocycles. The Hall–Kier alpha value is -1.65. The maximum absolute atomic E-state index is 12.8. The molecule has 1 aliphatic heterocycles. The van der Waals surface area contributed by atoms with Crippen molar-refractivity contribution < 1.29 is 4.79 Å². The molecule has 2 atom stereocenters. The van der Waals surface area contributed by atoms with Crippen LogP contribution in [0.5, 0.6) is 0 Å². The van der Waals surface area contributed by atoms with E-state index in [1.807, 2.05) is 6.07 Å². The number of nitrogens with zero attached hydrogens (tertiary/aromatic N) is 3. The summed E-state index contributed by atoms with van der Waals surface area (Å²) in [6.07, 6.45) is 10.1. The SMILES string of the molecule is Nc1nccc(C2CCCN(C(=O)C3CC34CCCC4)C2)n1. The lowest BCUT2D eigenvalue weighted by molar-refractivity contribution is -0.134. The van der Waals surface area contributed by atoms with E-state index >= 15 is 0 Å². The molecule has 2 saturated carbocycles. The number of aromatic nitrogens is 2. The molecule has 0 bridgehead atoms. The number of carbonyl (C=O) groups is 1. The lowest BCUT2D eigenvalue weighted by atomic mass is 9.93. The largest absolute Gasteiger partial charge is 0.368 e. The molecule has 118 valence electrons. The fourth-order valence-electron chi connectivity index (χ4n) is 4.58. The molecule has 1 aromatic rings. The fraction of sp³-hybridized carbons (Fsp3) is 0.706. The first kappa shape index (κ1) is 14.0. The number of nitrogens with two attached hydrogens (primary N) is 1. The topological polar surface area (TPSA) is 72.1 Å². The van der Waals surface area contributed by atoms with Crippen molar-refractivity contribution in [3.8, 4) is 0 Å². The van der Waals surface area contributed by atoms with Gasteiger partial charge in [-0.05, 0) is 43.6 Å². The zero-order valence-electron chi connectivity index (χ0n) is 13.0. The number of amides is 1. The minimum absolute atomic E-state index is 0.307. The Kier molecular flexibility index (Phi) is 3.31. The average Bonchev–Trinajstić information content (AvgIpc) is 3.03. The summed E-state index contributed by atoms with van der Waals surface area (Å²) < 4.78 is 0. The van der Waals surface area contributed by atoms with Crippen molar-refractivity contribution in [2.75, 3.05) is 18.8 Å². The summed E-state index contributed by atoms with van der Waals surface area (Å²) in [7, 11) is 0. The molecule has 0 radical (unpaired) electrons. The number of likely N-dealkylation sites (tertiary alicyclic amines) is 1. The molecule has 2 unspecified atom stereocenters. The molecule has 3 aliphatic rings. The third-order valence-corrected chi connectivity index (χ3v) is 5.93. The molecule has 0 aromatic carbocycles. The maximum Gasteiger partial charge on any atom is 0.226 e. The van der Waals surface area contributed by atoms with Gasteiger partial charge in [0.25, 0.3) is 0 Å². The first-order valence-electron chi connectivity index (χ1n) is 8.55. The van der Waals surface area contributed by atoms with Crippen molar-refractivity contribution in [3.63, 3.8) is 0 Å². The van der Waals surface area contributed by atoms with Crippen LogP contribution >= 0.6 is 0 Å². The van der Waals surface area contributed by atoms with Crippen LogP contribution in [-0.4, -0.2) is 33.9 Å². The lowest BCUT2D eigenvalue weighted by Gasteiger charge is -2.33. The molecule has 22 heavy (non-hydrogen) atoms. The van der Waals surface area contributed by atoms with Crippen molar-refractivity contribution in [2.24, 2.45) is 11.3 Å². The first-order valence-corrected chi connectivity index (χ1v) is 8.55. The summed E-state index contributed by atoms with van der Waals surface area (Å²) in [6, 6.07) is 1.94. The molecule has 3 fully saturated rings. The Morgan fingerprint density at radius 2 is 2.14 bits per heavy atom. The quantitative estimate of drug-likeness (QED) is 0.910. The van der Waals surface area contributed by atoms with E-state index in [4.69, 9.17) is 5.73 Å². The van der Waals surface area contributed by atoms with Crippen molar-refractivity contribution in [2.45, 2.75) is 50.9 Å². The van der Waals surface area contributed by atoms with E-state index in [0.717, 1.165) is 38.0 Å². The second kappa shape index (κ2) is 5.21. The van der Waals surface area contributed by atoms with E-state index in [1.54, 1.807) is 6.20 Å². The molecule has 1 saturated heterocycles. The summed E-state index contributed by atoms with van der Waals surface area (Å²) in [5.41, 5.74) is 7.07. The van der Waals surface area contributed by atoms with Crippen molar-refractivity contribution in [1.29, 1.82) is 0 Å². The minimum atomic E-state index is 0.307. The Morgan fingerprint density at radius 3 is 2.91 bits per heavy atom. The van der Waals surface area contributed by atoms with Gasteiger partial charge in [0.05, 0.1) is 5.69 Å². The molecule has 2 aliphatic carbocycles. The Bertz CT molecular complexity index is 582. The number of hydrogen-bond donors (Lipinski definition) is 1. The van der Waals surface area contributed by atoms with Crippen LogP contribution < -0.4 is 5.73 Å². The van der Waals surface area contributed by atoms with E-state index in [1.165, 1.54) is 25.7 Å². The van der Waals surface area contributed by atoms with Crippen molar-refractivity contribution >= 4 is 11.9 Å². The van der Waals surface area contributed by atoms with Gasteiger partial charge < -0.3 is 10.6 Å². The van der Waals surface area contributed by atoms with Gasteiger partial charge in [-0.1, -0.05) is 12.8 Å². The Labute approximate surface area is 131 Å². The predicted octanol–water partition coefficient (Wildman–Crippen LogP) is 2.35. The number of hydrogen-bond acceptors (Lipinski definition) is 4. The second-order valence-electron chi connectivity index (χ2n) is 7.29. The van der Waals surface area contributed by atoms with Crippen LogP contribution in [0.2, 0.25) is 0 Å². The normalized spacial score (nSPS) is 29.7. The smallest absolute Gasteiger partial charge is 0.226 e. The molecule has 1 amide bonds. The van der Waals surface area contributed by atoms with E-state index in [9.17, 15) is 4.79 Å². The predicted molar refractivity (Wildman–Crippen MR) is 84.0 cm³/mol. The van der Waals surface area contributed by atoms with E-state index in [0.29, 0.717) is 29.1 Å². The molecule has 4 rings (SSSR count). The molecular weight excluding hydrogens is 276 g/mol. The van der Waals surface area contributed by atoms with Gasteiger partial charge in [-0.15, -0.1) is 0 Å². The number of piperidine rings is 1. The van der Waals surface area contributed by atoms with Gasteiger partial charge in [-0.2, -0.15) is 0 Å². The van der Waals surface area contributed by atoms with Gasteiger partial charge in [-0.25, -0.2) is 9.97 Å². The van der Waals surface area contributed by atoms with Gasteiger partial charge in [0, 0.05) is 31.1 Å². The number of rotatable bonds is 2. The number of nitrogen functional groups attached to an aromatic ring is 1. The third kappa shape index (κ3) is 2.36. The van der Waals surface area contributed by atoms with Crippen LogP contribution in [0.4, 0.5) is 5.95 Å². The number of carbonyl (C=O) groups excluding carboxylic acids is 1. The average molecular weight is 300 g/mol. The summed E-state index contributed by atoms with van der Waals surface area (Å²) in [5, 5.41) is 0. The van der Waals surface area contributed by atoms with Crippen molar-refractivity contribution in [1.82, 2.24) is 14.9 Å². The van der Waals surface area contributed by atoms with E-state index in [2.05, 4.69) is 14.9 Å². The zero-order chi connectivity index (χ0) is 15.2. The summed E-state index contributed by atoms with van der Waals surface area (Å²) in [4.78, 5) is 23.2. The van der Waals surface area contributed by atoms with Crippen LogP contribution in [0.1, 0.15) is 56.6 Å². The summed E-state index contributed by atoms with van der Waals surface area (Å²) >= 11 is 0. The highest BCUT2D eigenvalue weighted by Gasteiger charge is 2.59. The highest BCUT2D eigenvalue weighted by atomic mass is 16.2. The van der Waals surface area contributed by atoms with Gasteiger partial charge in [0.2, 0.25) is 11.9 Å². The first-order chi connectivity index (χ1) is 10.7. The maximum atomic E-state index is 12.8. The van der Waals surface area contributed by atoms with Crippen LogP contribution in [0.3, 0.4) is 0 Å². The standard InChI is InChI=1S/C17H24N4O/c18-16-19-8-5-14(20-16)12-4-3-9-21(11-12)15(22)13-10-17(13)6-1-2-7-17/h5,8,12-13H,1-4,6-7,9-11H2,(H2,18,19,20). The molecule has 1 spiro atoms. The zero-order valence-corrected chi connectivity index (χ0v) is 13.0. The highest BCUT2D eigenvalue weighted by molar-refractivity contribution is 5.83. The lowest BCUT2D eigenvalue weighted by Crippen LogP contribution is -2.41. The monoisotopic (exact) mass is 300 g/mol. The van der Waals surface area contributed by atoms with Gasteiger partial charge in [-0.3, -0.25) is 4.79 Å². The van der Waals surface area contributed by atoms with Crippen LogP contribution in [-0.2, 0) is 4.79 Å². The molecule has 2 N–H and O–H groups in total. The van der Waals surface area contributed by atoms with Gasteiger partial charge >= 0.3 is 0 Å². The molecule has 5 nitrogen and oxygen atoms in total. The second-order valence-corrected chi connectivity index (χ2v) is 7.29.